The van der Waals surface area contributed by atoms with Crippen molar-refractivity contribution >= 4 is 13.7 Å². The van der Waals surface area contributed by atoms with E-state index >= 15 is 0 Å². The minimum absolute atomic E-state index is 0.260. The average Bonchev–Trinajstić information content (AvgIpc) is 3.12. The zero-order valence-electron chi connectivity index (χ0n) is 32.4. The Bertz CT molecular complexity index is 1020. The van der Waals surface area contributed by atoms with Crippen molar-refractivity contribution in [3.63, 3.8) is 0 Å². The van der Waals surface area contributed by atoms with Crippen molar-refractivity contribution in [1.82, 2.24) is 5.32 Å². The zero-order valence-corrected chi connectivity index (χ0v) is 33.3. The van der Waals surface area contributed by atoms with Crippen LogP contribution in [0.25, 0.3) is 0 Å². The first kappa shape index (κ1) is 49.8. The molecule has 0 radical (unpaired) electrons. The number of hydrogen-bond acceptors (Lipinski definition) is 11. The van der Waals surface area contributed by atoms with Crippen LogP contribution in [0.3, 0.4) is 0 Å². The Labute approximate surface area is 318 Å². The molecule has 1 aliphatic rings. The number of allylic oxidation sites excluding steroid dienone is 3. The topological polar surface area (TPSA) is 226 Å². The van der Waals surface area contributed by atoms with Crippen LogP contribution in [-0.4, -0.2) is 108 Å². The van der Waals surface area contributed by atoms with Gasteiger partial charge in [0.05, 0.1) is 31.3 Å². The monoisotopic (exact) mass is 779 g/mol. The van der Waals surface area contributed by atoms with Crippen molar-refractivity contribution in [2.75, 3.05) is 6.61 Å². The van der Waals surface area contributed by atoms with Crippen LogP contribution in [0.4, 0.5) is 0 Å². The third-order valence-electron chi connectivity index (χ3n) is 9.78. The summed E-state index contributed by atoms with van der Waals surface area (Å²) < 4.78 is 22.7. The molecule has 8 atom stereocenters. The van der Waals surface area contributed by atoms with Crippen LogP contribution in [0.2, 0.25) is 0 Å². The molecular formula is C39H74NO12P. The molecule has 0 aliphatic heterocycles. The number of carbonyl (C=O) groups excluding carboxylic acids is 1. The van der Waals surface area contributed by atoms with Crippen LogP contribution in [0.15, 0.2) is 24.3 Å². The number of aliphatic hydroxyl groups is 7. The third kappa shape index (κ3) is 22.8. The highest BCUT2D eigenvalue weighted by molar-refractivity contribution is 7.47. The predicted molar refractivity (Wildman–Crippen MR) is 206 cm³/mol. The molecule has 0 bridgehead atoms. The van der Waals surface area contributed by atoms with E-state index < -0.39 is 75.2 Å². The standard InChI is InChI=1S/C39H74NO12P/c1-3-5-7-9-11-13-14-15-16-17-18-19-21-23-25-27-32(42)31(40-33(43)28-30(41)26-24-22-20-12-10-8-6-4-2)29-51-53(49,50)52-39-37(47)35(45)34(44)36(46)38(39)48/h10,12,25,27,30-32,34-39,41-42,44-48H,3-9,11,13-24,26,28-29H2,1-2H3,(H,40,43)(H,49,50)/b12-10-,27-25+. The summed E-state index contributed by atoms with van der Waals surface area (Å²) >= 11 is 0. The molecule has 0 heterocycles. The molecule has 1 amide bonds. The van der Waals surface area contributed by atoms with E-state index in [1.54, 1.807) is 6.08 Å². The van der Waals surface area contributed by atoms with Crippen LogP contribution in [0, 0.1) is 0 Å². The van der Waals surface area contributed by atoms with Gasteiger partial charge in [-0.1, -0.05) is 134 Å². The van der Waals surface area contributed by atoms with Gasteiger partial charge in [-0.15, -0.1) is 0 Å². The van der Waals surface area contributed by atoms with Gasteiger partial charge in [0.2, 0.25) is 5.91 Å². The first-order valence-electron chi connectivity index (χ1n) is 20.4. The van der Waals surface area contributed by atoms with E-state index in [1.165, 1.54) is 70.3 Å². The Morgan fingerprint density at radius 1 is 0.660 bits per heavy atom. The fourth-order valence-electron chi connectivity index (χ4n) is 6.34. The highest BCUT2D eigenvalue weighted by Gasteiger charge is 2.51. The second-order valence-electron chi connectivity index (χ2n) is 14.7. The van der Waals surface area contributed by atoms with Gasteiger partial charge < -0.3 is 46.0 Å². The summed E-state index contributed by atoms with van der Waals surface area (Å²) in [7, 11) is -5.13. The molecule has 0 aromatic heterocycles. The lowest BCUT2D eigenvalue weighted by atomic mass is 9.85. The summed E-state index contributed by atoms with van der Waals surface area (Å²) in [5, 5.41) is 74.0. The Hall–Kier alpha value is -1.22. The summed E-state index contributed by atoms with van der Waals surface area (Å²) in [4.78, 5) is 23.2. The number of carbonyl (C=O) groups is 1. The maximum Gasteiger partial charge on any atom is 0.472 e. The molecule has 0 saturated heterocycles. The minimum atomic E-state index is -5.13. The van der Waals surface area contributed by atoms with E-state index in [2.05, 4.69) is 31.3 Å². The fourth-order valence-corrected chi connectivity index (χ4v) is 7.30. The zero-order chi connectivity index (χ0) is 39.5. The molecule has 0 aromatic carbocycles. The second-order valence-corrected chi connectivity index (χ2v) is 16.1. The van der Waals surface area contributed by atoms with Crippen molar-refractivity contribution in [2.24, 2.45) is 0 Å². The predicted octanol–water partition coefficient (Wildman–Crippen LogP) is 5.25. The van der Waals surface area contributed by atoms with E-state index in [0.29, 0.717) is 19.3 Å². The first-order valence-corrected chi connectivity index (χ1v) is 21.9. The summed E-state index contributed by atoms with van der Waals surface area (Å²) in [5.74, 6) is -0.610. The van der Waals surface area contributed by atoms with Gasteiger partial charge in [0.25, 0.3) is 0 Å². The van der Waals surface area contributed by atoms with Crippen molar-refractivity contribution in [3.05, 3.63) is 24.3 Å². The molecule has 0 aromatic rings. The molecular weight excluding hydrogens is 705 g/mol. The number of rotatable bonds is 32. The van der Waals surface area contributed by atoms with Gasteiger partial charge in [-0.3, -0.25) is 13.8 Å². The lowest BCUT2D eigenvalue weighted by molar-refractivity contribution is -0.220. The number of phosphoric ester groups is 1. The SMILES string of the molecule is CCCC/C=C\CCCCC(O)CC(=O)NC(COP(=O)(O)OC1C(O)C(O)C(O)C(O)C1O)C(O)/C=C/CCCCCCCCCCCCCCC. The molecule has 1 saturated carbocycles. The Morgan fingerprint density at radius 3 is 1.66 bits per heavy atom. The maximum absolute atomic E-state index is 12.9. The largest absolute Gasteiger partial charge is 0.472 e. The van der Waals surface area contributed by atoms with E-state index in [0.717, 1.165) is 51.4 Å². The highest BCUT2D eigenvalue weighted by Crippen LogP contribution is 2.47. The van der Waals surface area contributed by atoms with Gasteiger partial charge in [-0.05, 0) is 38.5 Å². The lowest BCUT2D eigenvalue weighted by Gasteiger charge is -2.41. The third-order valence-corrected chi connectivity index (χ3v) is 10.8. The van der Waals surface area contributed by atoms with Gasteiger partial charge in [-0.25, -0.2) is 4.57 Å². The van der Waals surface area contributed by atoms with Crippen molar-refractivity contribution < 1.29 is 59.0 Å². The van der Waals surface area contributed by atoms with Crippen LogP contribution < -0.4 is 5.32 Å². The van der Waals surface area contributed by atoms with Crippen LogP contribution in [0.5, 0.6) is 0 Å². The maximum atomic E-state index is 12.9. The minimum Gasteiger partial charge on any atom is -0.393 e. The summed E-state index contributed by atoms with van der Waals surface area (Å²) in [6.45, 7) is 3.63. The number of hydrogen-bond donors (Lipinski definition) is 9. The second kappa shape index (κ2) is 30.0. The molecule has 8 unspecified atom stereocenters. The quantitative estimate of drug-likeness (QED) is 0.0243. The highest BCUT2D eigenvalue weighted by atomic mass is 31.2. The molecule has 1 aliphatic carbocycles. The van der Waals surface area contributed by atoms with E-state index in [4.69, 9.17) is 9.05 Å². The number of aliphatic hydroxyl groups excluding tert-OH is 7. The number of amides is 1. The van der Waals surface area contributed by atoms with Gasteiger partial charge in [0, 0.05) is 0 Å². The molecule has 9 N–H and O–H groups in total. The van der Waals surface area contributed by atoms with Gasteiger partial charge in [-0.2, -0.15) is 0 Å². The molecule has 312 valence electrons. The first-order chi connectivity index (χ1) is 25.3. The molecule has 13 nitrogen and oxygen atoms in total. The molecule has 0 spiro atoms. The molecule has 14 heteroatoms. The number of nitrogens with one attached hydrogen (secondary N) is 1. The summed E-state index contributed by atoms with van der Waals surface area (Å²) in [6.07, 6.45) is 15.9. The lowest BCUT2D eigenvalue weighted by Crippen LogP contribution is -2.64. The Balaban J connectivity index is 2.64. The average molecular weight is 780 g/mol. The summed E-state index contributed by atoms with van der Waals surface area (Å²) in [5.41, 5.74) is 0. The molecule has 53 heavy (non-hydrogen) atoms. The summed E-state index contributed by atoms with van der Waals surface area (Å²) in [6, 6.07) is -1.24. The Kier molecular flexibility index (Phi) is 28.2. The van der Waals surface area contributed by atoms with Crippen molar-refractivity contribution in [3.8, 4) is 0 Å². The fraction of sp³-hybridized carbons (Fsp3) is 0.872. The Morgan fingerprint density at radius 2 is 1.11 bits per heavy atom. The number of unbranched alkanes of at least 4 members (excludes halogenated alkanes) is 17. The van der Waals surface area contributed by atoms with Crippen LogP contribution in [0.1, 0.15) is 155 Å². The number of phosphoric acid groups is 1. The molecule has 1 fully saturated rings. The normalized spacial score (nSPS) is 25.1. The van der Waals surface area contributed by atoms with E-state index in [9.17, 15) is 50.0 Å². The van der Waals surface area contributed by atoms with Crippen molar-refractivity contribution in [2.45, 2.75) is 210 Å². The van der Waals surface area contributed by atoms with Crippen LogP contribution >= 0.6 is 7.82 Å². The molecule has 1 rings (SSSR count). The van der Waals surface area contributed by atoms with Gasteiger partial charge >= 0.3 is 7.82 Å². The van der Waals surface area contributed by atoms with Gasteiger partial charge in [0.15, 0.2) is 0 Å². The van der Waals surface area contributed by atoms with E-state index in [1.807, 2.05) is 0 Å². The van der Waals surface area contributed by atoms with Gasteiger partial charge in [0.1, 0.15) is 36.6 Å². The van der Waals surface area contributed by atoms with Crippen LogP contribution in [-0.2, 0) is 18.4 Å². The van der Waals surface area contributed by atoms with E-state index in [-0.39, 0.29) is 6.42 Å². The smallest absolute Gasteiger partial charge is 0.393 e. The van der Waals surface area contributed by atoms with Crippen molar-refractivity contribution in [1.29, 1.82) is 0 Å².